The Balaban J connectivity index is 1.49. The van der Waals surface area contributed by atoms with E-state index >= 15 is 0 Å². The molecule has 0 aliphatic carbocycles. The molecule has 0 aromatic heterocycles. The minimum atomic E-state index is -0.328. The Labute approximate surface area is 254 Å². The van der Waals surface area contributed by atoms with Gasteiger partial charge < -0.3 is 31.2 Å². The Morgan fingerprint density at radius 3 is 1.81 bits per heavy atom. The molecule has 42 heavy (non-hydrogen) atoms. The fourth-order valence-electron chi connectivity index (χ4n) is 4.54. The summed E-state index contributed by atoms with van der Waals surface area (Å²) >= 11 is 6.47. The molecular formula is C33H41ClN4O4-2. The van der Waals surface area contributed by atoms with Crippen LogP contribution < -0.4 is 10.6 Å². The molecule has 0 saturated carbocycles. The Hall–Kier alpha value is -3.27. The van der Waals surface area contributed by atoms with Crippen molar-refractivity contribution >= 4 is 34.8 Å². The normalized spacial score (nSPS) is 11.2. The van der Waals surface area contributed by atoms with Gasteiger partial charge in [0.15, 0.2) is 0 Å². The zero-order valence-corrected chi connectivity index (χ0v) is 25.5. The highest BCUT2D eigenvalue weighted by atomic mass is 35.5. The van der Waals surface area contributed by atoms with Crippen molar-refractivity contribution < 1.29 is 9.59 Å². The summed E-state index contributed by atoms with van der Waals surface area (Å²) in [5.41, 5.74) is 4.77. The van der Waals surface area contributed by atoms with E-state index in [2.05, 4.69) is 17.6 Å². The largest absolute Gasteiger partial charge is 0.785 e. The summed E-state index contributed by atoms with van der Waals surface area (Å²) in [5.74, 6) is -0.560. The summed E-state index contributed by atoms with van der Waals surface area (Å²) in [6.45, 7) is 7.51. The molecule has 0 heterocycles. The molecule has 0 fully saturated rings. The van der Waals surface area contributed by atoms with Gasteiger partial charge in [-0.05, 0) is 98.9 Å². The summed E-state index contributed by atoms with van der Waals surface area (Å²) in [6.07, 6.45) is 5.49. The zero-order valence-electron chi connectivity index (χ0n) is 24.7. The van der Waals surface area contributed by atoms with E-state index in [-0.39, 0.29) is 18.4 Å². The van der Waals surface area contributed by atoms with Crippen molar-refractivity contribution in [3.8, 4) is 0 Å². The second-order valence-corrected chi connectivity index (χ2v) is 10.9. The van der Waals surface area contributed by atoms with E-state index in [0.29, 0.717) is 47.2 Å². The molecule has 226 valence electrons. The van der Waals surface area contributed by atoms with E-state index in [1.165, 1.54) is 5.56 Å². The van der Waals surface area contributed by atoms with Crippen molar-refractivity contribution in [3.05, 3.63) is 104 Å². The second kappa shape index (κ2) is 17.0. The lowest BCUT2D eigenvalue weighted by atomic mass is 10.1. The molecule has 2 amide bonds. The molecule has 0 spiro atoms. The maximum absolute atomic E-state index is 12.9. The number of unbranched alkanes of at least 4 members (excludes halogenated alkanes) is 3. The minimum absolute atomic E-state index is 0.231. The molecular weight excluding hydrogens is 552 g/mol. The van der Waals surface area contributed by atoms with Crippen LogP contribution in [0.3, 0.4) is 0 Å². The molecule has 0 bridgehead atoms. The first-order valence-electron chi connectivity index (χ1n) is 14.6. The monoisotopic (exact) mass is 592 g/mol. The van der Waals surface area contributed by atoms with Gasteiger partial charge in [-0.15, -0.1) is 0 Å². The van der Waals surface area contributed by atoms with Crippen molar-refractivity contribution in [2.75, 3.05) is 30.3 Å². The molecule has 8 nitrogen and oxygen atoms in total. The lowest BCUT2D eigenvalue weighted by molar-refractivity contribution is 0.101. The Bertz CT molecular complexity index is 1300. The molecule has 3 aromatic carbocycles. The Kier molecular flexibility index (Phi) is 13.4. The molecule has 3 rings (SSSR count). The number of carbonyl (C=O) groups is 2. The number of hydrogen-bond donors (Lipinski definition) is 2. The predicted molar refractivity (Wildman–Crippen MR) is 172 cm³/mol. The maximum atomic E-state index is 12.9. The van der Waals surface area contributed by atoms with Crippen molar-refractivity contribution in [2.24, 2.45) is 0 Å². The summed E-state index contributed by atoms with van der Waals surface area (Å²) in [6, 6.07) is 17.8. The van der Waals surface area contributed by atoms with E-state index in [1.54, 1.807) is 36.4 Å². The third kappa shape index (κ3) is 10.5. The van der Waals surface area contributed by atoms with Crippen LogP contribution in [0.1, 0.15) is 83.4 Å². The van der Waals surface area contributed by atoms with Crippen LogP contribution in [0.15, 0.2) is 60.7 Å². The van der Waals surface area contributed by atoms with E-state index in [1.807, 2.05) is 38.1 Å². The number of halogens is 1. The van der Waals surface area contributed by atoms with Gasteiger partial charge in [0.25, 0.3) is 11.8 Å². The van der Waals surface area contributed by atoms with Crippen LogP contribution in [0.5, 0.6) is 0 Å². The fraction of sp³-hybridized carbons (Fsp3) is 0.394. The van der Waals surface area contributed by atoms with Crippen molar-refractivity contribution in [1.82, 2.24) is 10.1 Å². The first kappa shape index (κ1) is 33.2. The Morgan fingerprint density at radius 1 is 0.738 bits per heavy atom. The van der Waals surface area contributed by atoms with Crippen LogP contribution in [0, 0.1) is 17.3 Å². The number of hydroxylamine groups is 4. The average molecular weight is 593 g/mol. The average Bonchev–Trinajstić information content (AvgIpc) is 2.98. The smallest absolute Gasteiger partial charge is 0.255 e. The molecule has 0 atom stereocenters. The summed E-state index contributed by atoms with van der Waals surface area (Å²) in [5, 5.41) is 31.6. The highest BCUT2D eigenvalue weighted by Gasteiger charge is 2.14. The van der Waals surface area contributed by atoms with Gasteiger partial charge in [0.2, 0.25) is 0 Å². The summed E-state index contributed by atoms with van der Waals surface area (Å²) in [4.78, 5) is 25.6. The predicted octanol–water partition coefficient (Wildman–Crippen LogP) is 7.79. The summed E-state index contributed by atoms with van der Waals surface area (Å²) < 4.78 is 0. The highest BCUT2D eigenvalue weighted by molar-refractivity contribution is 6.34. The van der Waals surface area contributed by atoms with Gasteiger partial charge in [-0.2, -0.15) is 0 Å². The van der Waals surface area contributed by atoms with E-state index in [4.69, 9.17) is 11.6 Å². The summed E-state index contributed by atoms with van der Waals surface area (Å²) in [7, 11) is 0. The van der Waals surface area contributed by atoms with Gasteiger partial charge >= 0.3 is 0 Å². The Morgan fingerprint density at radius 2 is 1.26 bits per heavy atom. The lowest BCUT2D eigenvalue weighted by Crippen LogP contribution is -2.18. The second-order valence-electron chi connectivity index (χ2n) is 10.5. The number of carbonyl (C=O) groups excluding carboxylic acids is 2. The third-order valence-electron chi connectivity index (χ3n) is 7.06. The standard InChI is InChI=1S/C33H41ClN4O4/c1-4-10-25-11-15-27(16-12-25)32(39)35-30-22-29(34)31(21-24(30)3)36-33(40)28-17-13-26(14-18-28)23-38(42)20-9-7-6-8-19-37(41)5-2/h11-18,21-22H,4-10,19-20,23H2,1-3H3,(H,35,39)(H,36,40)/q-2. The van der Waals surface area contributed by atoms with Gasteiger partial charge in [-0.3, -0.25) is 9.59 Å². The molecule has 3 aromatic rings. The van der Waals surface area contributed by atoms with E-state index in [9.17, 15) is 20.0 Å². The molecule has 0 radical (unpaired) electrons. The van der Waals surface area contributed by atoms with Gasteiger partial charge in [0, 0.05) is 23.4 Å². The SMILES string of the molecule is CCCc1ccc(C(=O)Nc2cc(Cl)c(NC(=O)c3ccc(CN([O-])CCCCCCN([O-])CC)cc3)cc2C)cc1. The number of aryl methyl sites for hydroxylation is 2. The van der Waals surface area contributed by atoms with Gasteiger partial charge in [-0.1, -0.05) is 69.0 Å². The lowest BCUT2D eigenvalue weighted by Gasteiger charge is -2.28. The van der Waals surface area contributed by atoms with Crippen molar-refractivity contribution in [2.45, 2.75) is 65.8 Å². The van der Waals surface area contributed by atoms with Crippen LogP contribution in [-0.2, 0) is 13.0 Å². The number of hydrogen-bond acceptors (Lipinski definition) is 6. The molecule has 0 saturated heterocycles. The number of benzene rings is 3. The van der Waals surface area contributed by atoms with Gasteiger partial charge in [0.1, 0.15) is 0 Å². The van der Waals surface area contributed by atoms with Crippen LogP contribution in [0.4, 0.5) is 11.4 Å². The zero-order chi connectivity index (χ0) is 30.5. The molecule has 9 heteroatoms. The number of nitrogens with zero attached hydrogens (tertiary/aromatic N) is 2. The number of nitrogens with one attached hydrogen (secondary N) is 2. The molecule has 0 unspecified atom stereocenters. The molecule has 0 aliphatic heterocycles. The van der Waals surface area contributed by atoms with Gasteiger partial charge in [0.05, 0.1) is 10.7 Å². The topological polar surface area (TPSA) is 111 Å². The van der Waals surface area contributed by atoms with Crippen LogP contribution in [0.25, 0.3) is 0 Å². The van der Waals surface area contributed by atoms with Crippen molar-refractivity contribution in [3.63, 3.8) is 0 Å². The fourth-order valence-corrected chi connectivity index (χ4v) is 4.76. The highest BCUT2D eigenvalue weighted by Crippen LogP contribution is 2.30. The first-order chi connectivity index (χ1) is 20.2. The molecule has 0 aliphatic rings. The van der Waals surface area contributed by atoms with E-state index in [0.717, 1.165) is 59.8 Å². The van der Waals surface area contributed by atoms with Crippen LogP contribution in [-0.4, -0.2) is 41.6 Å². The first-order valence-corrected chi connectivity index (χ1v) is 15.0. The van der Waals surface area contributed by atoms with Crippen LogP contribution in [0.2, 0.25) is 5.02 Å². The van der Waals surface area contributed by atoms with Crippen LogP contribution >= 0.6 is 11.6 Å². The maximum Gasteiger partial charge on any atom is 0.255 e. The number of anilines is 2. The number of amides is 2. The van der Waals surface area contributed by atoms with E-state index < -0.39 is 0 Å². The molecule has 2 N–H and O–H groups in total. The minimum Gasteiger partial charge on any atom is -0.785 e. The van der Waals surface area contributed by atoms with Gasteiger partial charge in [-0.25, -0.2) is 0 Å². The third-order valence-corrected chi connectivity index (χ3v) is 7.37. The number of rotatable bonds is 16. The van der Waals surface area contributed by atoms with Crippen molar-refractivity contribution in [1.29, 1.82) is 0 Å². The quantitative estimate of drug-likeness (QED) is 0.130.